The van der Waals surface area contributed by atoms with Crippen molar-refractivity contribution in [1.29, 1.82) is 0 Å². The molecular weight excluding hydrogens is 518 g/mol. The van der Waals surface area contributed by atoms with E-state index in [1.165, 1.54) is 17.0 Å². The standard InChI is InChI=1S/C25H29N3O9S/c1-28(2)19-14-10-12-9-13-11(5-4-8-27-38(3,36)37)6-7-15(29)17(13)20(30)16(12)22(32)25(14,35)23(33)18(21(19)31)24(26)34/h6-7,12,14,16,18-19,21,27,29,31,35H,8-10H2,1-3H3,(H2,26,34)/t12-,14-,16?,18?,19-,21?,25-/m1/s1. The highest BCUT2D eigenvalue weighted by Gasteiger charge is 2.69. The van der Waals surface area contributed by atoms with Crippen molar-refractivity contribution in [3.05, 3.63) is 28.8 Å². The molecule has 2 fully saturated rings. The minimum absolute atomic E-state index is 0.0205. The average molecular weight is 548 g/mol. The number of amides is 1. The smallest absolute Gasteiger partial charge is 0.230 e. The lowest BCUT2D eigenvalue weighted by Crippen LogP contribution is -2.75. The lowest BCUT2D eigenvalue weighted by molar-refractivity contribution is -0.190. The molecule has 7 atom stereocenters. The summed E-state index contributed by atoms with van der Waals surface area (Å²) in [6.45, 7) is -0.187. The molecule has 1 aromatic carbocycles. The predicted octanol–water partition coefficient (Wildman–Crippen LogP) is -2.44. The number of carbonyl (C=O) groups excluding carboxylic acids is 4. The number of hydrogen-bond acceptors (Lipinski definition) is 10. The number of hydrogen-bond donors (Lipinski definition) is 5. The summed E-state index contributed by atoms with van der Waals surface area (Å²) in [5.74, 6) is -4.40. The van der Waals surface area contributed by atoms with Crippen LogP contribution in [0.5, 0.6) is 5.75 Å². The topological polar surface area (TPSA) is 204 Å². The van der Waals surface area contributed by atoms with E-state index in [-0.39, 0.29) is 24.9 Å². The number of nitrogens with two attached hydrogens (primary N) is 1. The summed E-state index contributed by atoms with van der Waals surface area (Å²) in [5.41, 5.74) is 3.18. The molecule has 0 heterocycles. The Hall–Kier alpha value is -3.15. The molecule has 12 nitrogen and oxygen atoms in total. The maximum Gasteiger partial charge on any atom is 0.230 e. The van der Waals surface area contributed by atoms with Gasteiger partial charge in [-0.25, -0.2) is 13.1 Å². The molecule has 4 rings (SSSR count). The van der Waals surface area contributed by atoms with Gasteiger partial charge >= 0.3 is 0 Å². The van der Waals surface area contributed by atoms with Gasteiger partial charge in [-0.05, 0) is 50.6 Å². The second kappa shape index (κ2) is 9.55. The molecule has 1 aromatic rings. The molecule has 0 radical (unpaired) electrons. The lowest BCUT2D eigenvalue weighted by Gasteiger charge is -2.54. The number of likely N-dealkylation sites (N-methyl/N-ethyl adjacent to an activating group) is 1. The molecule has 13 heteroatoms. The Balaban J connectivity index is 1.79. The van der Waals surface area contributed by atoms with E-state index in [1.807, 2.05) is 0 Å². The summed E-state index contributed by atoms with van der Waals surface area (Å²) in [6.07, 6.45) is -0.528. The van der Waals surface area contributed by atoms with Crippen LogP contribution < -0.4 is 10.5 Å². The summed E-state index contributed by atoms with van der Waals surface area (Å²) in [5, 5.41) is 33.0. The van der Waals surface area contributed by atoms with Crippen LogP contribution in [0.1, 0.15) is 27.9 Å². The number of primary amides is 1. The number of nitrogens with one attached hydrogen (secondary N) is 1. The third-order valence-electron chi connectivity index (χ3n) is 7.82. The van der Waals surface area contributed by atoms with Gasteiger partial charge in [0.1, 0.15) is 11.7 Å². The first-order chi connectivity index (χ1) is 17.6. The number of rotatable bonds is 4. The van der Waals surface area contributed by atoms with Gasteiger partial charge in [-0.15, -0.1) is 0 Å². The SMILES string of the molecule is CN(C)[C@H]1C(O)C(C(N)=O)C(=O)[C@]2(O)C(=O)C3C(=O)c4c(O)ccc(C#CCNS(C)(=O)=O)c4C[C@@H]3C[C@H]12. The molecule has 38 heavy (non-hydrogen) atoms. The summed E-state index contributed by atoms with van der Waals surface area (Å²) < 4.78 is 24.8. The van der Waals surface area contributed by atoms with Gasteiger partial charge in [-0.1, -0.05) is 11.8 Å². The van der Waals surface area contributed by atoms with E-state index in [1.54, 1.807) is 14.1 Å². The normalized spacial score (nSPS) is 32.6. The van der Waals surface area contributed by atoms with Crippen molar-refractivity contribution < 1.29 is 42.9 Å². The number of aliphatic hydroxyl groups is 2. The van der Waals surface area contributed by atoms with Gasteiger partial charge in [0, 0.05) is 17.5 Å². The maximum absolute atomic E-state index is 13.8. The number of carbonyl (C=O) groups is 4. The number of nitrogens with zero attached hydrogens (tertiary/aromatic N) is 1. The van der Waals surface area contributed by atoms with Gasteiger partial charge in [-0.2, -0.15) is 0 Å². The molecule has 0 aliphatic heterocycles. The highest BCUT2D eigenvalue weighted by atomic mass is 32.2. The number of sulfonamides is 1. The zero-order valence-corrected chi connectivity index (χ0v) is 21.8. The summed E-state index contributed by atoms with van der Waals surface area (Å²) in [6, 6.07) is 1.70. The largest absolute Gasteiger partial charge is 0.507 e. The fraction of sp³-hybridized carbons (Fsp3) is 0.520. The third-order valence-corrected chi connectivity index (χ3v) is 8.49. The van der Waals surface area contributed by atoms with Crippen molar-refractivity contribution >= 4 is 33.3 Å². The molecular formula is C25H29N3O9S. The van der Waals surface area contributed by atoms with Crippen LogP contribution >= 0.6 is 0 Å². The van der Waals surface area contributed by atoms with E-state index in [0.717, 1.165) is 6.26 Å². The number of ketones is 3. The number of phenolic OH excluding ortho intramolecular Hbond substituents is 1. The van der Waals surface area contributed by atoms with Crippen LogP contribution in [0.15, 0.2) is 12.1 Å². The van der Waals surface area contributed by atoms with E-state index in [2.05, 4.69) is 16.6 Å². The van der Waals surface area contributed by atoms with Crippen molar-refractivity contribution in [1.82, 2.24) is 9.62 Å². The molecule has 2 saturated carbocycles. The average Bonchev–Trinajstić information content (AvgIpc) is 2.79. The Labute approximate surface area is 219 Å². The molecule has 3 unspecified atom stereocenters. The Morgan fingerprint density at radius 3 is 2.47 bits per heavy atom. The van der Waals surface area contributed by atoms with E-state index in [9.17, 15) is 42.9 Å². The molecule has 6 N–H and O–H groups in total. The Bertz CT molecular complexity index is 1410. The zero-order chi connectivity index (χ0) is 28.3. The van der Waals surface area contributed by atoms with Crippen molar-refractivity contribution in [3.8, 4) is 17.6 Å². The van der Waals surface area contributed by atoms with Crippen LogP contribution in [0.25, 0.3) is 0 Å². The van der Waals surface area contributed by atoms with Crippen LogP contribution in [0.2, 0.25) is 0 Å². The third kappa shape index (κ3) is 4.32. The molecule has 0 saturated heterocycles. The number of aliphatic hydroxyl groups excluding tert-OH is 1. The van der Waals surface area contributed by atoms with Crippen LogP contribution in [0.3, 0.4) is 0 Å². The van der Waals surface area contributed by atoms with Crippen LogP contribution in [0.4, 0.5) is 0 Å². The fourth-order valence-corrected chi connectivity index (χ4v) is 6.58. The first-order valence-electron chi connectivity index (χ1n) is 11.9. The molecule has 3 aliphatic rings. The highest BCUT2D eigenvalue weighted by molar-refractivity contribution is 7.88. The van der Waals surface area contributed by atoms with E-state index in [4.69, 9.17) is 5.73 Å². The summed E-state index contributed by atoms with van der Waals surface area (Å²) in [7, 11) is -0.338. The Morgan fingerprint density at radius 2 is 1.89 bits per heavy atom. The van der Waals surface area contributed by atoms with Crippen molar-refractivity contribution in [2.45, 2.75) is 30.6 Å². The number of Topliss-reactive ketones (excluding diaryl/α,β-unsaturated/α-hetero) is 3. The molecule has 0 bridgehead atoms. The van der Waals surface area contributed by atoms with Gasteiger partial charge < -0.3 is 26.0 Å². The number of fused-ring (bicyclic) bond motifs is 3. The minimum atomic E-state index is -3.47. The highest BCUT2D eigenvalue weighted by Crippen LogP contribution is 2.51. The predicted molar refractivity (Wildman–Crippen MR) is 132 cm³/mol. The molecule has 3 aliphatic carbocycles. The van der Waals surface area contributed by atoms with E-state index >= 15 is 0 Å². The number of benzene rings is 1. The zero-order valence-electron chi connectivity index (χ0n) is 21.0. The Morgan fingerprint density at radius 1 is 1.24 bits per heavy atom. The first kappa shape index (κ1) is 27.9. The minimum Gasteiger partial charge on any atom is -0.507 e. The van der Waals surface area contributed by atoms with Crippen LogP contribution in [-0.4, -0.2) is 96.5 Å². The lowest BCUT2D eigenvalue weighted by atomic mass is 9.52. The quantitative estimate of drug-likeness (QED) is 0.199. The van der Waals surface area contributed by atoms with Crippen LogP contribution in [-0.2, 0) is 30.8 Å². The second-order valence-corrected chi connectivity index (χ2v) is 12.2. The maximum atomic E-state index is 13.8. The second-order valence-electron chi connectivity index (χ2n) is 10.3. The molecule has 0 aromatic heterocycles. The van der Waals surface area contributed by atoms with Gasteiger partial charge in [0.25, 0.3) is 0 Å². The van der Waals surface area contributed by atoms with Crippen molar-refractivity contribution in [2.75, 3.05) is 26.9 Å². The van der Waals surface area contributed by atoms with Gasteiger partial charge in [0.05, 0.1) is 30.4 Å². The fourth-order valence-electron chi connectivity index (χ4n) is 6.25. The van der Waals surface area contributed by atoms with Crippen LogP contribution in [0, 0.1) is 35.5 Å². The van der Waals surface area contributed by atoms with Crippen molar-refractivity contribution in [3.63, 3.8) is 0 Å². The monoisotopic (exact) mass is 547 g/mol. The Kier molecular flexibility index (Phi) is 7.00. The number of aromatic hydroxyl groups is 1. The van der Waals surface area contributed by atoms with Gasteiger partial charge in [0.2, 0.25) is 15.9 Å². The van der Waals surface area contributed by atoms with E-state index < -0.39 is 80.4 Å². The number of phenols is 1. The molecule has 204 valence electrons. The van der Waals surface area contributed by atoms with Crippen molar-refractivity contribution in [2.24, 2.45) is 29.4 Å². The summed E-state index contributed by atoms with van der Waals surface area (Å²) >= 11 is 0. The summed E-state index contributed by atoms with van der Waals surface area (Å²) in [4.78, 5) is 54.3. The molecule has 1 amide bonds. The van der Waals surface area contributed by atoms with E-state index in [0.29, 0.717) is 11.1 Å². The van der Waals surface area contributed by atoms with Gasteiger partial charge in [-0.3, -0.25) is 19.2 Å². The van der Waals surface area contributed by atoms with Gasteiger partial charge in [0.15, 0.2) is 23.0 Å². The molecule has 0 spiro atoms. The first-order valence-corrected chi connectivity index (χ1v) is 13.8.